The lowest BCUT2D eigenvalue weighted by molar-refractivity contribution is -0.159. The summed E-state index contributed by atoms with van der Waals surface area (Å²) in [4.78, 5) is 39.4. The number of nitrogens with one attached hydrogen (secondary N) is 2. The third kappa shape index (κ3) is 2.36. The van der Waals surface area contributed by atoms with Crippen LogP contribution in [0.25, 0.3) is 0 Å². The van der Waals surface area contributed by atoms with Gasteiger partial charge in [-0.05, 0) is 25.0 Å². The largest absolute Gasteiger partial charge is 0.375 e. The van der Waals surface area contributed by atoms with Crippen LogP contribution in [0.3, 0.4) is 0 Å². The Morgan fingerprint density at radius 2 is 1.10 bits per heavy atom. The van der Waals surface area contributed by atoms with E-state index in [1.54, 1.807) is 48.5 Å². The molecule has 1 fully saturated rings. The van der Waals surface area contributed by atoms with Crippen molar-refractivity contribution in [2.24, 2.45) is 11.8 Å². The summed E-state index contributed by atoms with van der Waals surface area (Å²) in [6, 6.07) is 13.5. The zero-order valence-corrected chi connectivity index (χ0v) is 16.2. The van der Waals surface area contributed by atoms with Crippen molar-refractivity contribution in [3.8, 4) is 0 Å². The predicted octanol–water partition coefficient (Wildman–Crippen LogP) is 2.04. The average Bonchev–Trinajstić information content (AvgIpc) is 3.04. The number of anilines is 2. The lowest BCUT2D eigenvalue weighted by Crippen LogP contribution is -2.52. The highest BCUT2D eigenvalue weighted by Gasteiger charge is 2.60. The van der Waals surface area contributed by atoms with Gasteiger partial charge in [-0.1, -0.05) is 49.2 Å². The minimum absolute atomic E-state index is 0.299. The maximum Gasteiger partial charge on any atom is 0.261 e. The second kappa shape index (κ2) is 6.48. The Morgan fingerprint density at radius 1 is 0.700 bits per heavy atom. The summed E-state index contributed by atoms with van der Waals surface area (Å²) < 4.78 is 0. The molecule has 1 aliphatic carbocycles. The van der Waals surface area contributed by atoms with Crippen molar-refractivity contribution in [1.82, 2.24) is 0 Å². The maximum atomic E-state index is 13.8. The summed E-state index contributed by atoms with van der Waals surface area (Å²) in [5, 5.41) is 28.4. The zero-order chi connectivity index (χ0) is 21.1. The number of ketones is 1. The van der Waals surface area contributed by atoms with Crippen molar-refractivity contribution >= 4 is 29.0 Å². The number of carbonyl (C=O) groups is 3. The zero-order valence-electron chi connectivity index (χ0n) is 16.2. The molecule has 154 valence electrons. The summed E-state index contributed by atoms with van der Waals surface area (Å²) >= 11 is 0. The van der Waals surface area contributed by atoms with E-state index < -0.39 is 40.6 Å². The molecule has 7 nitrogen and oxygen atoms in total. The molecule has 7 heteroatoms. The standard InChI is InChI=1S/C23H22N2O5/c26-19-15(22(29)13-7-3-5-11-17(13)24-20(22)27)9-1-2-10-16(19)23(30)14-8-4-6-12-18(14)25-21(23)28/h3-8,11-12,15-16,29-30H,1-2,9-10H2,(H,24,27)(H,25,28)/t15-,16-,22-,23-/m0/s1. The molecule has 3 aliphatic rings. The highest BCUT2D eigenvalue weighted by molar-refractivity contribution is 6.11. The summed E-state index contributed by atoms with van der Waals surface area (Å²) in [5.41, 5.74) is -2.39. The summed E-state index contributed by atoms with van der Waals surface area (Å²) in [7, 11) is 0. The fourth-order valence-electron chi connectivity index (χ4n) is 5.27. The fraction of sp³-hybridized carbons (Fsp3) is 0.348. The molecule has 0 saturated heterocycles. The van der Waals surface area contributed by atoms with Crippen molar-refractivity contribution in [2.75, 3.05) is 10.6 Å². The van der Waals surface area contributed by atoms with Crippen LogP contribution in [0.4, 0.5) is 11.4 Å². The van der Waals surface area contributed by atoms with Crippen LogP contribution in [0.5, 0.6) is 0 Å². The van der Waals surface area contributed by atoms with Crippen molar-refractivity contribution in [1.29, 1.82) is 0 Å². The molecule has 0 radical (unpaired) electrons. The van der Waals surface area contributed by atoms with Crippen LogP contribution in [0.1, 0.15) is 36.8 Å². The SMILES string of the molecule is O=C1[C@@H]([C@]2(O)C(=O)Nc3ccccc32)CCCC[C@@H]1[C@]1(O)C(=O)Nc2ccccc21. The van der Waals surface area contributed by atoms with E-state index >= 15 is 0 Å². The average molecular weight is 406 g/mol. The lowest BCUT2D eigenvalue weighted by Gasteiger charge is -2.35. The van der Waals surface area contributed by atoms with E-state index in [0.717, 1.165) is 0 Å². The van der Waals surface area contributed by atoms with Crippen LogP contribution in [-0.2, 0) is 25.6 Å². The Labute approximate surface area is 173 Å². The predicted molar refractivity (Wildman–Crippen MR) is 108 cm³/mol. The number of hydrogen-bond acceptors (Lipinski definition) is 5. The molecule has 2 amide bonds. The minimum atomic E-state index is -2.03. The first-order valence-corrected chi connectivity index (χ1v) is 10.2. The van der Waals surface area contributed by atoms with E-state index in [1.807, 2.05) is 0 Å². The van der Waals surface area contributed by atoms with Gasteiger partial charge >= 0.3 is 0 Å². The second-order valence-electron chi connectivity index (χ2n) is 8.32. The number of amides is 2. The molecular weight excluding hydrogens is 384 g/mol. The first-order valence-electron chi connectivity index (χ1n) is 10.2. The third-order valence-electron chi connectivity index (χ3n) is 6.80. The molecule has 5 rings (SSSR count). The van der Waals surface area contributed by atoms with Crippen molar-refractivity contribution in [2.45, 2.75) is 36.9 Å². The van der Waals surface area contributed by atoms with Gasteiger partial charge in [0.15, 0.2) is 11.2 Å². The monoisotopic (exact) mass is 406 g/mol. The van der Waals surface area contributed by atoms with Gasteiger partial charge in [0.25, 0.3) is 11.8 Å². The Balaban J connectivity index is 1.60. The van der Waals surface area contributed by atoms with Crippen molar-refractivity contribution in [3.05, 3.63) is 59.7 Å². The van der Waals surface area contributed by atoms with E-state index in [9.17, 15) is 24.6 Å². The molecule has 4 N–H and O–H groups in total. The normalized spacial score (nSPS) is 32.8. The minimum Gasteiger partial charge on any atom is -0.375 e. The van der Waals surface area contributed by atoms with Gasteiger partial charge in [0.05, 0.1) is 11.8 Å². The Morgan fingerprint density at radius 3 is 1.53 bits per heavy atom. The number of benzene rings is 2. The summed E-state index contributed by atoms with van der Waals surface area (Å²) in [6.45, 7) is 0. The molecular formula is C23H22N2O5. The van der Waals surface area contributed by atoms with E-state index in [-0.39, 0.29) is 0 Å². The number of fused-ring (bicyclic) bond motifs is 2. The van der Waals surface area contributed by atoms with Crippen LogP contribution < -0.4 is 10.6 Å². The van der Waals surface area contributed by atoms with Gasteiger partial charge in [-0.15, -0.1) is 0 Å². The van der Waals surface area contributed by atoms with E-state index in [4.69, 9.17) is 0 Å². The number of aliphatic hydroxyl groups is 2. The van der Waals surface area contributed by atoms with Crippen LogP contribution >= 0.6 is 0 Å². The Kier molecular flexibility index (Phi) is 4.10. The van der Waals surface area contributed by atoms with Gasteiger partial charge in [0, 0.05) is 22.5 Å². The molecule has 0 spiro atoms. The van der Waals surface area contributed by atoms with Crippen LogP contribution in [0.15, 0.2) is 48.5 Å². The molecule has 2 aromatic carbocycles. The Hall–Kier alpha value is -3.03. The van der Waals surface area contributed by atoms with Gasteiger partial charge in [-0.25, -0.2) is 0 Å². The molecule has 1 saturated carbocycles. The van der Waals surface area contributed by atoms with Crippen molar-refractivity contribution < 1.29 is 24.6 Å². The maximum absolute atomic E-state index is 13.8. The lowest BCUT2D eigenvalue weighted by atomic mass is 9.70. The van der Waals surface area contributed by atoms with Gasteiger partial charge in [0.1, 0.15) is 5.78 Å². The topological polar surface area (TPSA) is 116 Å². The molecule has 4 atom stereocenters. The number of hydrogen-bond donors (Lipinski definition) is 4. The van der Waals surface area contributed by atoms with Gasteiger partial charge in [0.2, 0.25) is 0 Å². The van der Waals surface area contributed by atoms with E-state index in [0.29, 0.717) is 48.2 Å². The van der Waals surface area contributed by atoms with Gasteiger partial charge < -0.3 is 20.8 Å². The van der Waals surface area contributed by atoms with E-state index in [1.165, 1.54) is 0 Å². The first kappa shape index (κ1) is 19.0. The Bertz CT molecular complexity index is 999. The first-order chi connectivity index (χ1) is 14.4. The number of Topliss-reactive ketones (excluding diaryl/α,β-unsaturated/α-hetero) is 1. The van der Waals surface area contributed by atoms with Crippen molar-refractivity contribution in [3.63, 3.8) is 0 Å². The summed E-state index contributed by atoms with van der Waals surface area (Å²) in [5.74, 6) is -3.87. The highest BCUT2D eigenvalue weighted by atomic mass is 16.3. The molecule has 2 heterocycles. The second-order valence-corrected chi connectivity index (χ2v) is 8.32. The summed E-state index contributed by atoms with van der Waals surface area (Å²) in [6.07, 6.45) is 1.80. The molecule has 2 aromatic rings. The number of para-hydroxylation sites is 2. The van der Waals surface area contributed by atoms with E-state index in [2.05, 4.69) is 10.6 Å². The molecule has 0 aromatic heterocycles. The van der Waals surface area contributed by atoms with Gasteiger partial charge in [-0.3, -0.25) is 14.4 Å². The molecule has 0 bridgehead atoms. The number of carbonyl (C=O) groups excluding carboxylic acids is 3. The van der Waals surface area contributed by atoms with Crippen LogP contribution in [-0.4, -0.2) is 27.8 Å². The molecule has 0 unspecified atom stereocenters. The fourth-order valence-corrected chi connectivity index (χ4v) is 5.27. The highest BCUT2D eigenvalue weighted by Crippen LogP contribution is 2.50. The van der Waals surface area contributed by atoms with Crippen LogP contribution in [0.2, 0.25) is 0 Å². The number of rotatable bonds is 2. The third-order valence-corrected chi connectivity index (χ3v) is 6.80. The van der Waals surface area contributed by atoms with Crippen LogP contribution in [0, 0.1) is 11.8 Å². The quantitative estimate of drug-likeness (QED) is 0.570. The molecule has 2 aliphatic heterocycles. The smallest absolute Gasteiger partial charge is 0.261 e. The van der Waals surface area contributed by atoms with Gasteiger partial charge in [-0.2, -0.15) is 0 Å². The molecule has 30 heavy (non-hydrogen) atoms.